The molecule has 1 N–H and O–H groups in total. The Balaban J connectivity index is 1.76. The molecule has 2 aliphatic rings. The summed E-state index contributed by atoms with van der Waals surface area (Å²) in [5.41, 5.74) is 7.71. The van der Waals surface area contributed by atoms with Crippen molar-refractivity contribution in [2.75, 3.05) is 5.32 Å². The van der Waals surface area contributed by atoms with Gasteiger partial charge in [-0.05, 0) is 49.8 Å². The van der Waals surface area contributed by atoms with Crippen LogP contribution in [0.5, 0.6) is 0 Å². The van der Waals surface area contributed by atoms with Crippen LogP contribution in [0.3, 0.4) is 0 Å². The summed E-state index contributed by atoms with van der Waals surface area (Å²) in [6.07, 6.45) is 5.78. The average Bonchev–Trinajstić information content (AvgIpc) is 3.18. The van der Waals surface area contributed by atoms with Crippen LogP contribution in [0.25, 0.3) is 5.57 Å². The van der Waals surface area contributed by atoms with Crippen LogP contribution in [0, 0.1) is 12.8 Å². The molecule has 1 aliphatic heterocycles. The van der Waals surface area contributed by atoms with Crippen molar-refractivity contribution in [2.45, 2.75) is 33.1 Å². The molecule has 0 amide bonds. The highest BCUT2D eigenvalue weighted by Crippen LogP contribution is 2.36. The quantitative estimate of drug-likeness (QED) is 0.797. The maximum absolute atomic E-state index is 4.73. The molecule has 1 aromatic rings. The van der Waals surface area contributed by atoms with Gasteiger partial charge >= 0.3 is 0 Å². The molecular weight excluding hydrogens is 256 g/mol. The van der Waals surface area contributed by atoms with Crippen molar-refractivity contribution in [1.29, 1.82) is 0 Å². The Morgan fingerprint density at radius 3 is 2.71 bits per heavy atom. The maximum Gasteiger partial charge on any atom is 0.0821 e. The van der Waals surface area contributed by atoms with Crippen molar-refractivity contribution in [3.8, 4) is 0 Å². The van der Waals surface area contributed by atoms with Gasteiger partial charge in [0, 0.05) is 17.8 Å². The van der Waals surface area contributed by atoms with Crippen LogP contribution < -0.4 is 5.32 Å². The van der Waals surface area contributed by atoms with Crippen LogP contribution >= 0.6 is 0 Å². The molecule has 1 aromatic carbocycles. The number of aryl methyl sites for hydroxylation is 1. The lowest BCUT2D eigenvalue weighted by Gasteiger charge is -2.13. The number of hydrogen-bond acceptors (Lipinski definition) is 2. The van der Waals surface area contributed by atoms with Crippen LogP contribution in [0.15, 0.2) is 53.8 Å². The second kappa shape index (κ2) is 5.36. The smallest absolute Gasteiger partial charge is 0.0821 e. The number of nitrogens with one attached hydrogen (secondary N) is 1. The van der Waals surface area contributed by atoms with E-state index in [4.69, 9.17) is 4.99 Å². The summed E-state index contributed by atoms with van der Waals surface area (Å²) in [6, 6.07) is 6.34. The molecule has 0 unspecified atom stereocenters. The largest absolute Gasteiger partial charge is 0.354 e. The molecule has 2 heteroatoms. The van der Waals surface area contributed by atoms with Gasteiger partial charge in [-0.1, -0.05) is 36.9 Å². The Morgan fingerprint density at radius 1 is 1.29 bits per heavy atom. The van der Waals surface area contributed by atoms with Gasteiger partial charge in [-0.2, -0.15) is 0 Å². The molecule has 2 nitrogen and oxygen atoms in total. The first-order chi connectivity index (χ1) is 10.0. The molecule has 0 saturated heterocycles. The van der Waals surface area contributed by atoms with Crippen LogP contribution in [0.4, 0.5) is 5.69 Å². The van der Waals surface area contributed by atoms with E-state index in [1.165, 1.54) is 24.1 Å². The predicted octanol–water partition coefficient (Wildman–Crippen LogP) is 5.09. The van der Waals surface area contributed by atoms with Gasteiger partial charge in [0.15, 0.2) is 0 Å². The van der Waals surface area contributed by atoms with Crippen LogP contribution in [-0.2, 0) is 0 Å². The summed E-state index contributed by atoms with van der Waals surface area (Å²) in [5, 5.41) is 3.42. The van der Waals surface area contributed by atoms with Crippen molar-refractivity contribution < 1.29 is 0 Å². The molecule has 108 valence electrons. The Hall–Kier alpha value is -2.09. The van der Waals surface area contributed by atoms with Crippen LogP contribution in [0.1, 0.15) is 37.3 Å². The Morgan fingerprint density at radius 2 is 2.05 bits per heavy atom. The van der Waals surface area contributed by atoms with Crippen molar-refractivity contribution in [3.63, 3.8) is 0 Å². The average molecular weight is 278 g/mol. The van der Waals surface area contributed by atoms with Gasteiger partial charge in [-0.25, -0.2) is 0 Å². The molecule has 0 atom stereocenters. The van der Waals surface area contributed by atoms with Gasteiger partial charge in [0.2, 0.25) is 0 Å². The molecule has 1 saturated carbocycles. The normalized spacial score (nSPS) is 17.2. The van der Waals surface area contributed by atoms with Gasteiger partial charge < -0.3 is 5.32 Å². The summed E-state index contributed by atoms with van der Waals surface area (Å²) in [7, 11) is 0. The lowest BCUT2D eigenvalue weighted by Crippen LogP contribution is -2.02. The van der Waals surface area contributed by atoms with E-state index in [0.29, 0.717) is 0 Å². The number of aliphatic imine (C=N–C) groups is 1. The molecule has 0 bridgehead atoms. The first kappa shape index (κ1) is 13.9. The van der Waals surface area contributed by atoms with Crippen molar-refractivity contribution in [2.24, 2.45) is 10.9 Å². The first-order valence-corrected chi connectivity index (χ1v) is 7.55. The zero-order chi connectivity index (χ0) is 15.0. The highest BCUT2D eigenvalue weighted by Gasteiger charge is 2.29. The molecule has 1 fully saturated rings. The second-order valence-electron chi connectivity index (χ2n) is 6.08. The van der Waals surface area contributed by atoms with E-state index in [-0.39, 0.29) is 0 Å². The van der Waals surface area contributed by atoms with Crippen molar-refractivity contribution in [1.82, 2.24) is 0 Å². The minimum atomic E-state index is 0.736. The van der Waals surface area contributed by atoms with E-state index >= 15 is 0 Å². The molecular formula is C19H22N2. The number of nitrogens with zero attached hydrogens (tertiary/aromatic N) is 1. The second-order valence-corrected chi connectivity index (χ2v) is 6.08. The zero-order valence-corrected chi connectivity index (χ0v) is 12.9. The summed E-state index contributed by atoms with van der Waals surface area (Å²) in [4.78, 5) is 4.73. The van der Waals surface area contributed by atoms with Gasteiger partial charge in [0.05, 0.1) is 11.4 Å². The fourth-order valence-electron chi connectivity index (χ4n) is 2.56. The summed E-state index contributed by atoms with van der Waals surface area (Å²) < 4.78 is 0. The van der Waals surface area contributed by atoms with Gasteiger partial charge in [0.25, 0.3) is 0 Å². The lowest BCUT2D eigenvalue weighted by atomic mass is 10.0. The van der Waals surface area contributed by atoms with Crippen molar-refractivity contribution in [3.05, 3.63) is 60.0 Å². The van der Waals surface area contributed by atoms with Crippen LogP contribution in [0.2, 0.25) is 0 Å². The van der Waals surface area contributed by atoms with Crippen LogP contribution in [-0.4, -0.2) is 5.71 Å². The van der Waals surface area contributed by atoms with Gasteiger partial charge in [0.1, 0.15) is 0 Å². The number of anilines is 1. The van der Waals surface area contributed by atoms with E-state index in [2.05, 4.69) is 49.7 Å². The molecule has 0 radical (unpaired) electrons. The zero-order valence-electron chi connectivity index (χ0n) is 12.9. The minimum Gasteiger partial charge on any atom is -0.354 e. The Bertz CT molecular complexity index is 673. The topological polar surface area (TPSA) is 24.4 Å². The fraction of sp³-hybridized carbons (Fsp3) is 0.316. The van der Waals surface area contributed by atoms with E-state index < -0.39 is 0 Å². The van der Waals surface area contributed by atoms with E-state index in [1.807, 2.05) is 6.92 Å². The molecule has 21 heavy (non-hydrogen) atoms. The molecule has 1 aliphatic carbocycles. The van der Waals surface area contributed by atoms with Gasteiger partial charge in [-0.3, -0.25) is 4.99 Å². The molecule has 1 heterocycles. The monoisotopic (exact) mass is 278 g/mol. The fourth-order valence-corrected chi connectivity index (χ4v) is 2.56. The maximum atomic E-state index is 4.73. The standard InChI is InChI=1S/C19H22N2/c1-12(2)16-6-5-13(3)19(11-16)20-14(4)17-9-10-18(21-17)15-7-8-15/h5-6,9,11,15,20H,1,4,7-8,10H2,2-3H3. The lowest BCUT2D eigenvalue weighted by molar-refractivity contribution is 1.15. The third kappa shape index (κ3) is 2.99. The summed E-state index contributed by atoms with van der Waals surface area (Å²) >= 11 is 0. The number of rotatable bonds is 5. The number of benzene rings is 1. The van der Waals surface area contributed by atoms with E-state index in [1.54, 1.807) is 0 Å². The number of hydrogen-bond donors (Lipinski definition) is 1. The predicted molar refractivity (Wildman–Crippen MR) is 91.5 cm³/mol. The summed E-state index contributed by atoms with van der Waals surface area (Å²) in [6.45, 7) is 12.3. The van der Waals surface area contributed by atoms with E-state index in [0.717, 1.165) is 40.6 Å². The molecule has 0 aromatic heterocycles. The Labute approximate surface area is 127 Å². The minimum absolute atomic E-state index is 0.736. The third-order valence-corrected chi connectivity index (χ3v) is 4.14. The third-order valence-electron chi connectivity index (χ3n) is 4.14. The molecule has 0 spiro atoms. The highest BCUT2D eigenvalue weighted by molar-refractivity contribution is 5.93. The Kier molecular flexibility index (Phi) is 3.54. The highest BCUT2D eigenvalue weighted by atomic mass is 15.0. The van der Waals surface area contributed by atoms with Gasteiger partial charge in [-0.15, -0.1) is 0 Å². The van der Waals surface area contributed by atoms with Crippen molar-refractivity contribution >= 4 is 17.0 Å². The summed E-state index contributed by atoms with van der Waals surface area (Å²) in [5.74, 6) is 0.736. The SMILES string of the molecule is C=C(Nc1cc(C(=C)C)ccc1C)C1=CCC(C2CC2)=N1. The molecule has 3 rings (SSSR count). The number of allylic oxidation sites excluding steroid dienone is 2. The first-order valence-electron chi connectivity index (χ1n) is 7.55. The van der Waals surface area contributed by atoms with E-state index in [9.17, 15) is 0 Å².